The van der Waals surface area contributed by atoms with Crippen molar-refractivity contribution in [3.63, 3.8) is 0 Å². The Morgan fingerprint density at radius 1 is 0.871 bits per heavy atom. The van der Waals surface area contributed by atoms with E-state index in [1.165, 1.54) is 19.3 Å². The van der Waals surface area contributed by atoms with Crippen molar-refractivity contribution in [3.05, 3.63) is 0 Å². The van der Waals surface area contributed by atoms with Gasteiger partial charge < -0.3 is 19.7 Å². The predicted molar refractivity (Wildman–Crippen MR) is 119 cm³/mol. The molecule has 2 saturated heterocycles. The van der Waals surface area contributed by atoms with Crippen LogP contribution in [0.4, 0.5) is 0 Å². The molecule has 2 aliphatic heterocycles. The third-order valence-corrected chi connectivity index (χ3v) is 12.0. The normalized spacial score (nSPS) is 63.3. The van der Waals surface area contributed by atoms with Crippen molar-refractivity contribution < 1.29 is 19.7 Å². The molecule has 2 N–H and O–H groups in total. The first kappa shape index (κ1) is 21.4. The summed E-state index contributed by atoms with van der Waals surface area (Å²) in [6, 6.07) is 0. The van der Waals surface area contributed by atoms with E-state index in [4.69, 9.17) is 9.47 Å². The number of hydrogen-bond donors (Lipinski definition) is 2. The molecule has 0 radical (unpaired) electrons. The fourth-order valence-electron chi connectivity index (χ4n) is 10.2. The molecule has 0 bridgehead atoms. The first-order valence-corrected chi connectivity index (χ1v) is 13.4. The number of ether oxygens (including phenoxy) is 2. The van der Waals surface area contributed by atoms with E-state index in [1.807, 2.05) is 0 Å². The van der Waals surface area contributed by atoms with Crippen LogP contribution in [0.3, 0.4) is 0 Å². The molecule has 4 aliphatic carbocycles. The van der Waals surface area contributed by atoms with Gasteiger partial charge in [-0.15, -0.1) is 0 Å². The zero-order valence-corrected chi connectivity index (χ0v) is 20.1. The standard InChI is InChI=1S/C27H44O4/c1-15-7-10-27(30-14-15)16(2)24-22(31-27)12-21-19-6-5-17-11-18(28)8-9-25(17,3)20(19)13-23(29)26(21,24)4/h15-24,28-29H,5-14H2,1-4H3/t15-,16?,17?,18+,19?,20?,21?,22?,23-,24?,25+,26-,27?/m1/s1. The lowest BCUT2D eigenvalue weighted by Gasteiger charge is -2.62. The largest absolute Gasteiger partial charge is 0.393 e. The van der Waals surface area contributed by atoms with Gasteiger partial charge in [0.1, 0.15) is 0 Å². The SMILES string of the molecule is CC1C2C(CC3C4CCC5C[C@@H](O)CC[C@]5(C)C4C[C@@H](O)[C@@]32C)OC12CC[C@@H](C)CO2. The van der Waals surface area contributed by atoms with Crippen LogP contribution in [0.1, 0.15) is 85.5 Å². The molecule has 4 nitrogen and oxygen atoms in total. The second-order valence-corrected chi connectivity index (χ2v) is 13.2. The van der Waals surface area contributed by atoms with Gasteiger partial charge in [-0.05, 0) is 86.4 Å². The van der Waals surface area contributed by atoms with Crippen LogP contribution in [0.25, 0.3) is 0 Å². The van der Waals surface area contributed by atoms with Gasteiger partial charge in [-0.1, -0.05) is 27.7 Å². The molecule has 0 amide bonds. The molecule has 31 heavy (non-hydrogen) atoms. The van der Waals surface area contributed by atoms with E-state index in [9.17, 15) is 10.2 Å². The van der Waals surface area contributed by atoms with Gasteiger partial charge in [-0.2, -0.15) is 0 Å². The molecular formula is C27H44O4. The molecule has 6 aliphatic rings. The Kier molecular flexibility index (Phi) is 4.78. The number of hydrogen-bond acceptors (Lipinski definition) is 4. The Bertz CT molecular complexity index is 716. The zero-order chi connectivity index (χ0) is 21.8. The van der Waals surface area contributed by atoms with Crippen molar-refractivity contribution in [1.29, 1.82) is 0 Å². The molecule has 4 heteroatoms. The van der Waals surface area contributed by atoms with Crippen LogP contribution in [0, 0.1) is 52.3 Å². The minimum Gasteiger partial charge on any atom is -0.393 e. The molecule has 0 aromatic carbocycles. The predicted octanol–water partition coefficient (Wildman–Crippen LogP) is 4.76. The first-order valence-electron chi connectivity index (χ1n) is 13.4. The van der Waals surface area contributed by atoms with E-state index < -0.39 is 5.79 Å². The van der Waals surface area contributed by atoms with Crippen molar-refractivity contribution in [3.8, 4) is 0 Å². The van der Waals surface area contributed by atoms with Crippen LogP contribution in [0.2, 0.25) is 0 Å². The van der Waals surface area contributed by atoms with Crippen LogP contribution in [0.15, 0.2) is 0 Å². The summed E-state index contributed by atoms with van der Waals surface area (Å²) < 4.78 is 13.3. The Morgan fingerprint density at radius 2 is 1.68 bits per heavy atom. The van der Waals surface area contributed by atoms with Gasteiger partial charge in [0, 0.05) is 23.7 Å². The van der Waals surface area contributed by atoms with Crippen molar-refractivity contribution >= 4 is 0 Å². The third-order valence-electron chi connectivity index (χ3n) is 12.0. The van der Waals surface area contributed by atoms with Crippen molar-refractivity contribution in [2.24, 2.45) is 52.3 Å². The number of aliphatic hydroxyl groups excluding tert-OH is 2. The maximum Gasteiger partial charge on any atom is 0.171 e. The molecule has 4 saturated carbocycles. The van der Waals surface area contributed by atoms with Crippen LogP contribution in [0.5, 0.6) is 0 Å². The highest BCUT2D eigenvalue weighted by atomic mass is 16.7. The average Bonchev–Trinajstić information content (AvgIpc) is 3.18. The van der Waals surface area contributed by atoms with Crippen LogP contribution >= 0.6 is 0 Å². The Balaban J connectivity index is 1.29. The fraction of sp³-hybridized carbons (Fsp3) is 1.00. The molecule has 0 aromatic heterocycles. The molecular weight excluding hydrogens is 388 g/mol. The van der Waals surface area contributed by atoms with Gasteiger partial charge in [0.2, 0.25) is 0 Å². The first-order chi connectivity index (χ1) is 14.7. The van der Waals surface area contributed by atoms with Gasteiger partial charge in [0.15, 0.2) is 5.79 Å². The summed E-state index contributed by atoms with van der Waals surface area (Å²) in [5.41, 5.74) is 0.233. The summed E-state index contributed by atoms with van der Waals surface area (Å²) in [5, 5.41) is 22.1. The maximum atomic E-state index is 11.8. The second-order valence-electron chi connectivity index (χ2n) is 13.2. The number of aliphatic hydroxyl groups is 2. The summed E-state index contributed by atoms with van der Waals surface area (Å²) in [5.74, 6) is 3.46. The van der Waals surface area contributed by atoms with E-state index in [2.05, 4.69) is 27.7 Å². The second kappa shape index (κ2) is 6.93. The summed E-state index contributed by atoms with van der Waals surface area (Å²) in [6.07, 6.45) is 9.70. The third kappa shape index (κ3) is 2.74. The molecule has 1 spiro atoms. The topological polar surface area (TPSA) is 58.9 Å². The van der Waals surface area contributed by atoms with Crippen LogP contribution in [-0.2, 0) is 9.47 Å². The summed E-state index contributed by atoms with van der Waals surface area (Å²) >= 11 is 0. The molecule has 6 fully saturated rings. The quantitative estimate of drug-likeness (QED) is 0.579. The van der Waals surface area contributed by atoms with Gasteiger partial charge >= 0.3 is 0 Å². The highest BCUT2D eigenvalue weighted by molar-refractivity contribution is 5.17. The summed E-state index contributed by atoms with van der Waals surface area (Å²) in [7, 11) is 0. The Labute approximate surface area is 188 Å². The summed E-state index contributed by atoms with van der Waals surface area (Å²) in [4.78, 5) is 0. The summed E-state index contributed by atoms with van der Waals surface area (Å²) in [6.45, 7) is 10.3. The molecule has 13 atom stereocenters. The Hall–Kier alpha value is -0.160. The molecule has 8 unspecified atom stereocenters. The van der Waals surface area contributed by atoms with Gasteiger partial charge in [0.05, 0.1) is 24.9 Å². The van der Waals surface area contributed by atoms with E-state index in [0.29, 0.717) is 46.8 Å². The number of rotatable bonds is 0. The van der Waals surface area contributed by atoms with Crippen molar-refractivity contribution in [2.75, 3.05) is 6.61 Å². The zero-order valence-electron chi connectivity index (χ0n) is 20.1. The van der Waals surface area contributed by atoms with Gasteiger partial charge in [-0.3, -0.25) is 0 Å². The minimum absolute atomic E-state index is 0.0570. The molecule has 6 rings (SSSR count). The lowest BCUT2D eigenvalue weighted by atomic mass is 9.43. The lowest BCUT2D eigenvalue weighted by molar-refractivity contribution is -0.274. The minimum atomic E-state index is -0.407. The maximum absolute atomic E-state index is 11.8. The smallest absolute Gasteiger partial charge is 0.171 e. The van der Waals surface area contributed by atoms with E-state index in [1.54, 1.807) is 0 Å². The fourth-order valence-corrected chi connectivity index (χ4v) is 10.2. The highest BCUT2D eigenvalue weighted by Crippen LogP contribution is 2.71. The van der Waals surface area contributed by atoms with Crippen LogP contribution < -0.4 is 0 Å². The van der Waals surface area contributed by atoms with Crippen LogP contribution in [-0.4, -0.2) is 40.9 Å². The average molecular weight is 433 g/mol. The lowest BCUT2D eigenvalue weighted by Crippen LogP contribution is -2.59. The molecule has 0 aromatic rings. The Morgan fingerprint density at radius 3 is 2.42 bits per heavy atom. The highest BCUT2D eigenvalue weighted by Gasteiger charge is 2.71. The molecule has 2 heterocycles. The van der Waals surface area contributed by atoms with Crippen molar-refractivity contribution in [2.45, 2.75) is 110 Å². The van der Waals surface area contributed by atoms with Crippen molar-refractivity contribution in [1.82, 2.24) is 0 Å². The number of fused-ring (bicyclic) bond motifs is 7. The van der Waals surface area contributed by atoms with Gasteiger partial charge in [-0.25, -0.2) is 0 Å². The van der Waals surface area contributed by atoms with E-state index >= 15 is 0 Å². The monoisotopic (exact) mass is 432 g/mol. The van der Waals surface area contributed by atoms with E-state index in [-0.39, 0.29) is 23.7 Å². The van der Waals surface area contributed by atoms with E-state index in [0.717, 1.165) is 45.1 Å². The molecule has 176 valence electrons. The van der Waals surface area contributed by atoms with Gasteiger partial charge in [0.25, 0.3) is 0 Å².